The van der Waals surface area contributed by atoms with Crippen LogP contribution in [0.15, 0.2) is 41.4 Å². The van der Waals surface area contributed by atoms with E-state index in [1.165, 1.54) is 0 Å². The molecule has 7 nitrogen and oxygen atoms in total. The van der Waals surface area contributed by atoms with Gasteiger partial charge in [0.15, 0.2) is 5.96 Å². The van der Waals surface area contributed by atoms with E-state index in [0.29, 0.717) is 22.3 Å². The molecule has 0 bridgehead atoms. The lowest BCUT2D eigenvalue weighted by molar-refractivity contribution is -0.118. The second-order valence-electron chi connectivity index (χ2n) is 6.71. The van der Waals surface area contributed by atoms with Crippen LogP contribution in [0, 0.1) is 0 Å². The minimum atomic E-state index is -0.343. The second kappa shape index (κ2) is 9.24. The molecule has 1 saturated heterocycles. The molecule has 1 fully saturated rings. The highest BCUT2D eigenvalue weighted by Crippen LogP contribution is 2.29. The Balaban J connectivity index is 1.64. The lowest BCUT2D eigenvalue weighted by Crippen LogP contribution is -2.38. The fraction of sp³-hybridized carbons (Fsp3) is 0.300. The molecule has 5 N–H and O–H groups in total. The van der Waals surface area contributed by atoms with Crippen molar-refractivity contribution in [3.63, 3.8) is 0 Å². The van der Waals surface area contributed by atoms with E-state index < -0.39 is 0 Å². The molecule has 2 aromatic carbocycles. The van der Waals surface area contributed by atoms with Crippen molar-refractivity contribution >= 4 is 46.4 Å². The molecule has 1 aliphatic rings. The predicted octanol–water partition coefficient (Wildman–Crippen LogP) is 3.18. The minimum Gasteiger partial charge on any atom is -0.497 e. The number of nitrogens with one attached hydrogen (secondary N) is 1. The molecular weight excluding hydrogens is 413 g/mol. The van der Waals surface area contributed by atoms with Crippen molar-refractivity contribution in [1.82, 2.24) is 5.32 Å². The lowest BCUT2D eigenvalue weighted by Gasteiger charge is -2.24. The van der Waals surface area contributed by atoms with Crippen molar-refractivity contribution in [3.8, 4) is 5.75 Å². The molecule has 2 aromatic rings. The Labute approximate surface area is 179 Å². The van der Waals surface area contributed by atoms with Gasteiger partial charge in [0, 0.05) is 18.8 Å². The first kappa shape index (κ1) is 21.1. The Morgan fingerprint density at radius 2 is 1.93 bits per heavy atom. The Morgan fingerprint density at radius 1 is 1.28 bits per heavy atom. The van der Waals surface area contributed by atoms with Gasteiger partial charge in [0.25, 0.3) is 5.91 Å². The van der Waals surface area contributed by atoms with E-state index in [2.05, 4.69) is 10.3 Å². The number of benzene rings is 2. The van der Waals surface area contributed by atoms with Gasteiger partial charge in [0.2, 0.25) is 0 Å². The highest BCUT2D eigenvalue weighted by Gasteiger charge is 2.31. The van der Waals surface area contributed by atoms with E-state index in [1.807, 2.05) is 29.2 Å². The van der Waals surface area contributed by atoms with Gasteiger partial charge < -0.3 is 26.4 Å². The Kier molecular flexibility index (Phi) is 6.71. The standard InChI is InChI=1S/C20H23Cl2N5O2/c1-29-14-6-4-13(5-7-14)27-8-2-3-17(27)19(28)26-20(24)25-11-12-9-15(21)18(23)16(22)10-12/h4-7,9-10,17H,2-3,8,11,23H2,1H3,(H3,24,25,26,28)/t17-/m0/s1. The number of guanidine groups is 1. The molecule has 0 aliphatic carbocycles. The third-order valence-electron chi connectivity index (χ3n) is 4.79. The minimum absolute atomic E-state index is 0.0423. The number of carbonyl (C=O) groups is 1. The van der Waals surface area contributed by atoms with Crippen LogP contribution in [0.5, 0.6) is 5.75 Å². The number of rotatable bonds is 5. The summed E-state index contributed by atoms with van der Waals surface area (Å²) < 4.78 is 5.19. The van der Waals surface area contributed by atoms with Crippen LogP contribution >= 0.6 is 23.2 Å². The van der Waals surface area contributed by atoms with E-state index >= 15 is 0 Å². The van der Waals surface area contributed by atoms with Crippen LogP contribution in [0.2, 0.25) is 10.0 Å². The highest BCUT2D eigenvalue weighted by molar-refractivity contribution is 6.38. The lowest BCUT2D eigenvalue weighted by atomic mass is 10.2. The smallest absolute Gasteiger partial charge is 0.271 e. The van der Waals surface area contributed by atoms with Crippen molar-refractivity contribution in [2.75, 3.05) is 24.3 Å². The van der Waals surface area contributed by atoms with Gasteiger partial charge in [-0.25, -0.2) is 0 Å². The number of ether oxygens (including phenoxy) is 1. The van der Waals surface area contributed by atoms with Gasteiger partial charge in [0.05, 0.1) is 22.8 Å². The number of methoxy groups -OCH3 is 1. The number of hydrogen-bond donors (Lipinski definition) is 3. The second-order valence-corrected chi connectivity index (χ2v) is 7.53. The fourth-order valence-electron chi connectivity index (χ4n) is 3.27. The van der Waals surface area contributed by atoms with E-state index in [1.54, 1.807) is 19.2 Å². The first-order chi connectivity index (χ1) is 13.9. The number of aliphatic imine (C=N–C) groups is 1. The van der Waals surface area contributed by atoms with Crippen LogP contribution in [0.1, 0.15) is 18.4 Å². The van der Waals surface area contributed by atoms with Crippen LogP contribution in [0.4, 0.5) is 11.4 Å². The topological polar surface area (TPSA) is 106 Å². The van der Waals surface area contributed by atoms with Crippen LogP contribution < -0.4 is 26.4 Å². The maximum absolute atomic E-state index is 12.7. The maximum atomic E-state index is 12.7. The molecule has 0 aromatic heterocycles. The quantitative estimate of drug-likeness (QED) is 0.378. The summed E-state index contributed by atoms with van der Waals surface area (Å²) in [6.07, 6.45) is 1.64. The number of nitrogen functional groups attached to an aromatic ring is 1. The molecule has 1 aliphatic heterocycles. The van der Waals surface area contributed by atoms with Gasteiger partial charge >= 0.3 is 0 Å². The number of halogens is 2. The molecule has 0 radical (unpaired) electrons. The molecule has 1 heterocycles. The van der Waals surface area contributed by atoms with Gasteiger partial charge in [-0.05, 0) is 54.8 Å². The maximum Gasteiger partial charge on any atom is 0.271 e. The Hall–Kier alpha value is -2.64. The average Bonchev–Trinajstić information content (AvgIpc) is 3.20. The van der Waals surface area contributed by atoms with Crippen LogP contribution in [0.25, 0.3) is 0 Å². The SMILES string of the molecule is COc1ccc(N2CCC[C@H]2C(=O)/N=C(\N)NCc2cc(Cl)c(N)c(Cl)c2)cc1. The summed E-state index contributed by atoms with van der Waals surface area (Å²) >= 11 is 12.1. The molecule has 0 unspecified atom stereocenters. The largest absolute Gasteiger partial charge is 0.497 e. The van der Waals surface area contributed by atoms with Crippen LogP contribution in [-0.4, -0.2) is 31.6 Å². The van der Waals surface area contributed by atoms with E-state index in [-0.39, 0.29) is 17.9 Å². The molecule has 154 valence electrons. The van der Waals surface area contributed by atoms with E-state index in [0.717, 1.165) is 36.4 Å². The van der Waals surface area contributed by atoms with Crippen LogP contribution in [-0.2, 0) is 11.3 Å². The van der Waals surface area contributed by atoms with Crippen molar-refractivity contribution in [3.05, 3.63) is 52.0 Å². The van der Waals surface area contributed by atoms with Gasteiger partial charge in [-0.1, -0.05) is 23.2 Å². The van der Waals surface area contributed by atoms with Gasteiger partial charge in [0.1, 0.15) is 11.8 Å². The zero-order valence-electron chi connectivity index (χ0n) is 16.0. The Bertz CT molecular complexity index is 895. The number of amides is 1. The summed E-state index contributed by atoms with van der Waals surface area (Å²) in [6, 6.07) is 10.6. The highest BCUT2D eigenvalue weighted by atomic mass is 35.5. The van der Waals surface area contributed by atoms with E-state index in [9.17, 15) is 4.79 Å². The zero-order valence-corrected chi connectivity index (χ0v) is 17.5. The molecule has 1 amide bonds. The van der Waals surface area contributed by atoms with Gasteiger partial charge in [-0.15, -0.1) is 0 Å². The first-order valence-electron chi connectivity index (χ1n) is 9.15. The predicted molar refractivity (Wildman–Crippen MR) is 118 cm³/mol. The molecule has 1 atom stereocenters. The molecule has 3 rings (SSSR count). The average molecular weight is 436 g/mol. The summed E-state index contributed by atoms with van der Waals surface area (Å²) in [7, 11) is 1.62. The van der Waals surface area contributed by atoms with Gasteiger partial charge in [-0.2, -0.15) is 4.99 Å². The molecule has 29 heavy (non-hydrogen) atoms. The molecule has 9 heteroatoms. The number of anilines is 2. The number of carbonyl (C=O) groups excluding carboxylic acids is 1. The molecule has 0 saturated carbocycles. The third kappa shape index (κ3) is 5.05. The first-order valence-corrected chi connectivity index (χ1v) is 9.90. The summed E-state index contributed by atoms with van der Waals surface area (Å²) in [5.74, 6) is 0.530. The zero-order chi connectivity index (χ0) is 21.0. The number of nitrogens with two attached hydrogens (primary N) is 2. The summed E-state index contributed by atoms with van der Waals surface area (Å²) in [4.78, 5) is 18.8. The van der Waals surface area contributed by atoms with Crippen molar-refractivity contribution in [2.45, 2.75) is 25.4 Å². The normalized spacial score (nSPS) is 16.7. The van der Waals surface area contributed by atoms with Crippen molar-refractivity contribution in [2.24, 2.45) is 10.7 Å². The van der Waals surface area contributed by atoms with Crippen LogP contribution in [0.3, 0.4) is 0 Å². The van der Waals surface area contributed by atoms with Crippen molar-refractivity contribution in [1.29, 1.82) is 0 Å². The van der Waals surface area contributed by atoms with Gasteiger partial charge in [-0.3, -0.25) is 4.79 Å². The molecular formula is C20H23Cl2N5O2. The molecule has 0 spiro atoms. The Morgan fingerprint density at radius 3 is 2.55 bits per heavy atom. The number of nitrogens with zero attached hydrogens (tertiary/aromatic N) is 2. The number of hydrogen-bond acceptors (Lipinski definition) is 4. The summed E-state index contributed by atoms with van der Waals surface area (Å²) in [6.45, 7) is 1.10. The van der Waals surface area contributed by atoms with Crippen molar-refractivity contribution < 1.29 is 9.53 Å². The van der Waals surface area contributed by atoms with E-state index in [4.69, 9.17) is 39.4 Å². The third-order valence-corrected chi connectivity index (χ3v) is 5.41. The fourth-order valence-corrected chi connectivity index (χ4v) is 3.80. The summed E-state index contributed by atoms with van der Waals surface area (Å²) in [5.41, 5.74) is 13.7. The monoisotopic (exact) mass is 435 g/mol. The summed E-state index contributed by atoms with van der Waals surface area (Å²) in [5, 5.41) is 3.64.